The van der Waals surface area contributed by atoms with E-state index in [0.717, 1.165) is 17.5 Å². The Morgan fingerprint density at radius 2 is 1.89 bits per heavy atom. The maximum atomic E-state index is 12.7. The van der Waals surface area contributed by atoms with Crippen molar-refractivity contribution in [1.29, 1.82) is 0 Å². The molecule has 144 valence electrons. The quantitative estimate of drug-likeness (QED) is 0.670. The van der Waals surface area contributed by atoms with E-state index in [-0.39, 0.29) is 18.0 Å². The van der Waals surface area contributed by atoms with Crippen molar-refractivity contribution in [1.82, 2.24) is 9.55 Å². The molecule has 0 saturated carbocycles. The number of anilines is 1. The minimum Gasteiger partial charge on any atom is -0.325 e. The molecule has 0 fully saturated rings. The molecule has 3 rings (SSSR count). The van der Waals surface area contributed by atoms with Crippen molar-refractivity contribution in [3.8, 4) is 11.4 Å². The first-order valence-corrected chi connectivity index (χ1v) is 9.57. The van der Waals surface area contributed by atoms with Crippen LogP contribution >= 0.6 is 11.6 Å². The van der Waals surface area contributed by atoms with E-state index in [0.29, 0.717) is 28.6 Å². The number of rotatable bonds is 6. The third kappa shape index (κ3) is 4.87. The third-order valence-corrected chi connectivity index (χ3v) is 4.53. The van der Waals surface area contributed by atoms with Crippen molar-refractivity contribution < 1.29 is 4.79 Å². The number of nitrogens with one attached hydrogen (secondary N) is 1. The van der Waals surface area contributed by atoms with Crippen LogP contribution in [-0.4, -0.2) is 15.5 Å². The van der Waals surface area contributed by atoms with Gasteiger partial charge in [-0.25, -0.2) is 4.98 Å². The highest BCUT2D eigenvalue weighted by Crippen LogP contribution is 2.20. The molecule has 1 heterocycles. The summed E-state index contributed by atoms with van der Waals surface area (Å²) in [5, 5.41) is 3.44. The molecule has 5 nitrogen and oxygen atoms in total. The van der Waals surface area contributed by atoms with Crippen LogP contribution in [0.4, 0.5) is 5.69 Å². The van der Waals surface area contributed by atoms with Gasteiger partial charge in [-0.05, 0) is 55.3 Å². The average molecular weight is 396 g/mol. The van der Waals surface area contributed by atoms with Crippen molar-refractivity contribution in [2.45, 2.75) is 33.2 Å². The highest BCUT2D eigenvalue weighted by atomic mass is 35.5. The van der Waals surface area contributed by atoms with Gasteiger partial charge in [-0.2, -0.15) is 0 Å². The van der Waals surface area contributed by atoms with Crippen molar-refractivity contribution in [2.75, 3.05) is 5.32 Å². The van der Waals surface area contributed by atoms with Gasteiger partial charge in [0.2, 0.25) is 5.91 Å². The monoisotopic (exact) mass is 395 g/mol. The molecular formula is C22H22ClN3O2. The smallest absolute Gasteiger partial charge is 0.254 e. The number of nitrogens with zero attached hydrogens (tertiary/aromatic N) is 2. The summed E-state index contributed by atoms with van der Waals surface area (Å²) in [5.41, 5.74) is 2.95. The van der Waals surface area contributed by atoms with Crippen molar-refractivity contribution in [3.63, 3.8) is 0 Å². The van der Waals surface area contributed by atoms with E-state index in [4.69, 9.17) is 11.6 Å². The minimum absolute atomic E-state index is 0.121. The molecule has 3 aromatic rings. The molecule has 0 aliphatic rings. The van der Waals surface area contributed by atoms with Crippen LogP contribution in [0.5, 0.6) is 0 Å². The SMILES string of the molecule is CCCc1cc(=O)n(CC(=O)Nc2cccc(C)c2)c(-c2ccc(Cl)cc2)n1. The Morgan fingerprint density at radius 1 is 1.14 bits per heavy atom. The maximum absolute atomic E-state index is 12.7. The maximum Gasteiger partial charge on any atom is 0.254 e. The molecule has 1 N–H and O–H groups in total. The van der Waals surface area contributed by atoms with Crippen molar-refractivity contribution >= 4 is 23.2 Å². The van der Waals surface area contributed by atoms with Gasteiger partial charge in [0.15, 0.2) is 0 Å². The topological polar surface area (TPSA) is 64.0 Å². The normalized spacial score (nSPS) is 10.7. The Bertz CT molecular complexity index is 1040. The zero-order valence-corrected chi connectivity index (χ0v) is 16.7. The summed E-state index contributed by atoms with van der Waals surface area (Å²) in [4.78, 5) is 29.9. The standard InChI is InChI=1S/C22H22ClN3O2/c1-3-5-18-13-21(28)26(22(25-18)16-8-10-17(23)11-9-16)14-20(27)24-19-7-4-6-15(2)12-19/h4,6-13H,3,5,14H2,1-2H3,(H,24,27). The Labute approximate surface area is 169 Å². The van der Waals surface area contributed by atoms with E-state index in [2.05, 4.69) is 10.3 Å². The van der Waals surface area contributed by atoms with Crippen molar-refractivity contribution in [2.24, 2.45) is 0 Å². The molecule has 2 aromatic carbocycles. The van der Waals surface area contributed by atoms with Crippen LogP contribution in [0.15, 0.2) is 59.4 Å². The second-order valence-electron chi connectivity index (χ2n) is 6.67. The van der Waals surface area contributed by atoms with Crippen molar-refractivity contribution in [3.05, 3.63) is 81.2 Å². The summed E-state index contributed by atoms with van der Waals surface area (Å²) in [7, 11) is 0. The van der Waals surface area contributed by atoms with Gasteiger partial charge >= 0.3 is 0 Å². The summed E-state index contributed by atoms with van der Waals surface area (Å²) in [6.45, 7) is 3.86. The molecule has 0 spiro atoms. The molecule has 0 aliphatic carbocycles. The molecule has 0 atom stereocenters. The number of carbonyl (C=O) groups excluding carboxylic acids is 1. The van der Waals surface area contributed by atoms with Crippen LogP contribution < -0.4 is 10.9 Å². The van der Waals surface area contributed by atoms with Crippen LogP contribution in [-0.2, 0) is 17.8 Å². The van der Waals surface area contributed by atoms with E-state index < -0.39 is 0 Å². The third-order valence-electron chi connectivity index (χ3n) is 4.27. The van der Waals surface area contributed by atoms with E-state index in [9.17, 15) is 9.59 Å². The number of aromatic nitrogens is 2. The summed E-state index contributed by atoms with van der Waals surface area (Å²) in [6.07, 6.45) is 1.58. The largest absolute Gasteiger partial charge is 0.325 e. The summed E-state index contributed by atoms with van der Waals surface area (Å²) in [5.74, 6) is 0.181. The number of hydrogen-bond donors (Lipinski definition) is 1. The summed E-state index contributed by atoms with van der Waals surface area (Å²) < 4.78 is 1.40. The summed E-state index contributed by atoms with van der Waals surface area (Å²) in [6, 6.07) is 16.1. The lowest BCUT2D eigenvalue weighted by atomic mass is 10.2. The molecule has 28 heavy (non-hydrogen) atoms. The van der Waals surface area contributed by atoms with Crippen LogP contribution in [0.2, 0.25) is 5.02 Å². The van der Waals surface area contributed by atoms with Gasteiger partial charge in [-0.15, -0.1) is 0 Å². The number of benzene rings is 2. The molecule has 0 radical (unpaired) electrons. The molecule has 1 aromatic heterocycles. The molecule has 0 saturated heterocycles. The number of amides is 1. The van der Waals surface area contributed by atoms with E-state index in [1.54, 1.807) is 24.3 Å². The molecular weight excluding hydrogens is 374 g/mol. The second kappa shape index (κ2) is 8.85. The van der Waals surface area contributed by atoms with Gasteiger partial charge in [-0.1, -0.05) is 37.1 Å². The lowest BCUT2D eigenvalue weighted by molar-refractivity contribution is -0.116. The Hall–Kier alpha value is -2.92. The predicted molar refractivity (Wildman–Crippen MR) is 113 cm³/mol. The summed E-state index contributed by atoms with van der Waals surface area (Å²) >= 11 is 5.99. The molecule has 0 unspecified atom stereocenters. The highest BCUT2D eigenvalue weighted by molar-refractivity contribution is 6.30. The minimum atomic E-state index is -0.284. The fourth-order valence-corrected chi connectivity index (χ4v) is 3.10. The zero-order valence-electron chi connectivity index (χ0n) is 15.9. The highest BCUT2D eigenvalue weighted by Gasteiger charge is 2.14. The van der Waals surface area contributed by atoms with Gasteiger partial charge in [0.1, 0.15) is 12.4 Å². The fourth-order valence-electron chi connectivity index (χ4n) is 2.98. The number of halogens is 1. The predicted octanol–water partition coefficient (Wildman–Crippen LogP) is 4.46. The first-order valence-electron chi connectivity index (χ1n) is 9.19. The first-order chi connectivity index (χ1) is 13.5. The lowest BCUT2D eigenvalue weighted by Crippen LogP contribution is -2.30. The van der Waals surface area contributed by atoms with E-state index in [1.807, 2.05) is 38.1 Å². The van der Waals surface area contributed by atoms with E-state index in [1.165, 1.54) is 10.6 Å². The Morgan fingerprint density at radius 3 is 2.57 bits per heavy atom. The molecule has 1 amide bonds. The van der Waals surface area contributed by atoms with Crippen LogP contribution in [0.1, 0.15) is 24.6 Å². The molecule has 6 heteroatoms. The van der Waals surface area contributed by atoms with E-state index >= 15 is 0 Å². The Kier molecular flexibility index (Phi) is 6.26. The van der Waals surface area contributed by atoms with Crippen LogP contribution in [0, 0.1) is 6.92 Å². The first kappa shape index (κ1) is 19.8. The van der Waals surface area contributed by atoms with Gasteiger partial charge in [0, 0.05) is 28.0 Å². The van der Waals surface area contributed by atoms with Gasteiger partial charge in [0.25, 0.3) is 5.56 Å². The van der Waals surface area contributed by atoms with Gasteiger partial charge in [0.05, 0.1) is 0 Å². The van der Waals surface area contributed by atoms with Crippen LogP contribution in [0.25, 0.3) is 11.4 Å². The zero-order chi connectivity index (χ0) is 20.1. The molecule has 0 aliphatic heterocycles. The Balaban J connectivity index is 1.95. The number of aryl methyl sites for hydroxylation is 2. The van der Waals surface area contributed by atoms with Gasteiger partial charge in [-0.3, -0.25) is 14.2 Å². The fraction of sp³-hybridized carbons (Fsp3) is 0.227. The second-order valence-corrected chi connectivity index (χ2v) is 7.11. The average Bonchev–Trinajstić information content (AvgIpc) is 2.65. The lowest BCUT2D eigenvalue weighted by Gasteiger charge is -2.14. The number of carbonyl (C=O) groups is 1. The number of hydrogen-bond acceptors (Lipinski definition) is 3. The molecule has 0 bridgehead atoms. The van der Waals surface area contributed by atoms with Crippen LogP contribution in [0.3, 0.4) is 0 Å². The van der Waals surface area contributed by atoms with Gasteiger partial charge < -0.3 is 5.32 Å².